The smallest absolute Gasteiger partial charge is 0.142 e. The quantitative estimate of drug-likeness (QED) is 0.701. The van der Waals surface area contributed by atoms with Crippen LogP contribution < -0.4 is 0 Å². The molecule has 0 aromatic carbocycles. The molecule has 0 unspecified atom stereocenters. The van der Waals surface area contributed by atoms with Gasteiger partial charge in [-0.05, 0) is 73.8 Å². The van der Waals surface area contributed by atoms with E-state index in [1.54, 1.807) is 11.3 Å². The van der Waals surface area contributed by atoms with Gasteiger partial charge < -0.3 is 5.11 Å². The minimum absolute atomic E-state index is 0.0935. The van der Waals surface area contributed by atoms with Gasteiger partial charge in [0.25, 0.3) is 0 Å². The van der Waals surface area contributed by atoms with Crippen LogP contribution >= 0.6 is 11.3 Å². The largest absolute Gasteiger partial charge is 0.392 e. The van der Waals surface area contributed by atoms with Gasteiger partial charge in [0.15, 0.2) is 0 Å². The van der Waals surface area contributed by atoms with Gasteiger partial charge in [0.1, 0.15) is 10.8 Å². The zero-order chi connectivity index (χ0) is 20.7. The fourth-order valence-electron chi connectivity index (χ4n) is 7.88. The summed E-state index contributed by atoms with van der Waals surface area (Å²) in [6.45, 7) is 4.64. The molecule has 0 bridgehead atoms. The molecule has 158 valence electrons. The van der Waals surface area contributed by atoms with Gasteiger partial charge in [0.05, 0.1) is 17.5 Å². The van der Waals surface area contributed by atoms with E-state index in [0.717, 1.165) is 55.6 Å². The van der Waals surface area contributed by atoms with Crippen LogP contribution in [0.25, 0.3) is 10.7 Å². The van der Waals surface area contributed by atoms with Crippen molar-refractivity contribution in [2.24, 2.45) is 28.6 Å². The molecule has 2 aromatic rings. The fourth-order valence-corrected chi connectivity index (χ4v) is 9.29. The van der Waals surface area contributed by atoms with Crippen LogP contribution in [-0.4, -0.2) is 27.0 Å². The molecule has 0 spiro atoms. The van der Waals surface area contributed by atoms with Crippen molar-refractivity contribution in [2.45, 2.75) is 70.8 Å². The Hall–Kier alpha value is -1.59. The molecular weight excluding hydrogens is 392 g/mol. The lowest BCUT2D eigenvalue weighted by molar-refractivity contribution is -0.142. The van der Waals surface area contributed by atoms with Crippen LogP contribution in [0.4, 0.5) is 0 Å². The second-order valence-electron chi connectivity index (χ2n) is 10.6. The highest BCUT2D eigenvalue weighted by Gasteiger charge is 2.62. The average molecular weight is 423 g/mol. The molecule has 7 atom stereocenters. The van der Waals surface area contributed by atoms with Gasteiger partial charge in [-0.1, -0.05) is 19.9 Å². The molecule has 2 aromatic heterocycles. The lowest BCUT2D eigenvalue weighted by atomic mass is 9.45. The summed E-state index contributed by atoms with van der Waals surface area (Å²) >= 11 is 1.75. The SMILES string of the molecule is C[C@]12CCc3nc(-c4ccccn4)sc3[C@@H]1[C@@H](O)C[C@@H]1[C@@H]2CC[C@]2(C)C(=O)CC[C@@H]12. The summed E-state index contributed by atoms with van der Waals surface area (Å²) < 4.78 is 0. The maximum absolute atomic E-state index is 12.7. The van der Waals surface area contributed by atoms with E-state index in [1.165, 1.54) is 10.6 Å². The molecule has 4 aliphatic carbocycles. The molecule has 3 fully saturated rings. The summed E-state index contributed by atoms with van der Waals surface area (Å²) in [6.07, 6.45) is 8.33. The van der Waals surface area contributed by atoms with Gasteiger partial charge in [0, 0.05) is 28.8 Å². The van der Waals surface area contributed by atoms with E-state index in [-0.39, 0.29) is 22.9 Å². The fraction of sp³-hybridized carbons (Fsp3) is 0.640. The van der Waals surface area contributed by atoms with Crippen LogP contribution in [0.1, 0.15) is 68.9 Å². The molecule has 2 heterocycles. The summed E-state index contributed by atoms with van der Waals surface area (Å²) in [5.41, 5.74) is 2.06. The number of pyridine rings is 1. The maximum Gasteiger partial charge on any atom is 0.142 e. The molecular formula is C25H30N2O2S. The van der Waals surface area contributed by atoms with Crippen molar-refractivity contribution in [3.05, 3.63) is 35.0 Å². The summed E-state index contributed by atoms with van der Waals surface area (Å²) in [7, 11) is 0. The second-order valence-corrected chi connectivity index (χ2v) is 11.7. The Balaban J connectivity index is 1.39. The van der Waals surface area contributed by atoms with Crippen molar-refractivity contribution in [3.8, 4) is 10.7 Å². The number of nitrogens with zero attached hydrogens (tertiary/aromatic N) is 2. The number of aliphatic hydroxyl groups is 1. The van der Waals surface area contributed by atoms with Crippen molar-refractivity contribution in [2.75, 3.05) is 0 Å². The third-order valence-corrected chi connectivity index (χ3v) is 10.6. The minimum Gasteiger partial charge on any atom is -0.392 e. The number of rotatable bonds is 1. The first-order valence-corrected chi connectivity index (χ1v) is 12.4. The van der Waals surface area contributed by atoms with E-state index in [4.69, 9.17) is 4.98 Å². The first-order chi connectivity index (χ1) is 14.4. The van der Waals surface area contributed by atoms with Crippen LogP contribution in [0.2, 0.25) is 0 Å². The van der Waals surface area contributed by atoms with Gasteiger partial charge in [-0.15, -0.1) is 11.3 Å². The van der Waals surface area contributed by atoms with E-state index in [2.05, 4.69) is 18.8 Å². The monoisotopic (exact) mass is 422 g/mol. The Bertz CT molecular complexity index is 1000. The highest BCUT2D eigenvalue weighted by molar-refractivity contribution is 7.15. The summed E-state index contributed by atoms with van der Waals surface area (Å²) in [5.74, 6) is 2.18. The lowest BCUT2D eigenvalue weighted by Gasteiger charge is -2.60. The first kappa shape index (κ1) is 19.1. The summed E-state index contributed by atoms with van der Waals surface area (Å²) in [6, 6.07) is 5.97. The van der Waals surface area contributed by atoms with Gasteiger partial charge in [-0.25, -0.2) is 4.98 Å². The molecule has 4 nitrogen and oxygen atoms in total. The number of fused-ring (bicyclic) bond motifs is 7. The predicted octanol–water partition coefficient (Wildman–Crippen LogP) is 5.02. The molecule has 3 saturated carbocycles. The Morgan fingerprint density at radius 1 is 1.13 bits per heavy atom. The lowest BCUT2D eigenvalue weighted by Crippen LogP contribution is -2.56. The number of aryl methyl sites for hydroxylation is 1. The molecule has 30 heavy (non-hydrogen) atoms. The standard InChI is InChI=1S/C25H30N2O2S/c1-24-10-8-16-14(15(24)6-7-20(24)29)13-19(28)21-22-17(9-11-25(16,21)2)27-23(30-22)18-5-3-4-12-26-18/h3-5,12,14-16,19,21,28H,6-11,13H2,1-2H3/t14-,15-,16-,19-,21-,24-,25+/m0/s1. The van der Waals surface area contributed by atoms with Crippen LogP contribution in [0.3, 0.4) is 0 Å². The zero-order valence-corrected chi connectivity index (χ0v) is 18.6. The molecule has 1 N–H and O–H groups in total. The Kier molecular flexibility index (Phi) is 4.12. The van der Waals surface area contributed by atoms with E-state index in [0.29, 0.717) is 23.5 Å². The molecule has 0 amide bonds. The van der Waals surface area contributed by atoms with Crippen molar-refractivity contribution in [3.63, 3.8) is 0 Å². The first-order valence-electron chi connectivity index (χ1n) is 11.5. The van der Waals surface area contributed by atoms with Crippen LogP contribution in [0.15, 0.2) is 24.4 Å². The van der Waals surface area contributed by atoms with E-state index in [1.807, 2.05) is 24.4 Å². The predicted molar refractivity (Wildman–Crippen MR) is 117 cm³/mol. The number of ketones is 1. The molecule has 5 heteroatoms. The molecule has 0 aliphatic heterocycles. The summed E-state index contributed by atoms with van der Waals surface area (Å²) in [5, 5.41) is 12.5. The third-order valence-electron chi connectivity index (χ3n) is 9.40. The number of carbonyl (C=O) groups excluding carboxylic acids is 1. The van der Waals surface area contributed by atoms with Gasteiger partial charge in [-0.3, -0.25) is 9.78 Å². The minimum atomic E-state index is -0.342. The van der Waals surface area contributed by atoms with Crippen LogP contribution in [-0.2, 0) is 11.2 Å². The number of aliphatic hydroxyl groups excluding tert-OH is 1. The molecule has 0 saturated heterocycles. The third kappa shape index (κ3) is 2.45. The maximum atomic E-state index is 12.7. The van der Waals surface area contributed by atoms with E-state index >= 15 is 0 Å². The molecule has 4 aliphatic rings. The Labute approximate surface area is 182 Å². The number of carbonyl (C=O) groups is 1. The molecule has 0 radical (unpaired) electrons. The number of Topliss-reactive ketones (excluding diaryl/α,β-unsaturated/α-hetero) is 1. The molecule has 6 rings (SSSR count). The van der Waals surface area contributed by atoms with Crippen molar-refractivity contribution >= 4 is 17.1 Å². The highest BCUT2D eigenvalue weighted by atomic mass is 32.1. The van der Waals surface area contributed by atoms with Crippen LogP contribution in [0.5, 0.6) is 0 Å². The Morgan fingerprint density at radius 2 is 2.00 bits per heavy atom. The normalized spacial score (nSPS) is 42.2. The van der Waals surface area contributed by atoms with Gasteiger partial charge in [0.2, 0.25) is 0 Å². The van der Waals surface area contributed by atoms with Crippen molar-refractivity contribution in [1.29, 1.82) is 0 Å². The number of thiazole rings is 1. The van der Waals surface area contributed by atoms with Gasteiger partial charge >= 0.3 is 0 Å². The topological polar surface area (TPSA) is 63.1 Å². The summed E-state index contributed by atoms with van der Waals surface area (Å²) in [4.78, 5) is 23.4. The van der Waals surface area contributed by atoms with E-state index < -0.39 is 0 Å². The van der Waals surface area contributed by atoms with Crippen LogP contribution in [0, 0.1) is 28.6 Å². The number of hydrogen-bond donors (Lipinski definition) is 1. The van der Waals surface area contributed by atoms with E-state index in [9.17, 15) is 9.90 Å². The van der Waals surface area contributed by atoms with Crippen molar-refractivity contribution < 1.29 is 9.90 Å². The van der Waals surface area contributed by atoms with Gasteiger partial charge in [-0.2, -0.15) is 0 Å². The zero-order valence-electron chi connectivity index (χ0n) is 17.8. The number of aromatic nitrogens is 2. The number of hydrogen-bond acceptors (Lipinski definition) is 5. The average Bonchev–Trinajstić information content (AvgIpc) is 3.29. The van der Waals surface area contributed by atoms with Crippen molar-refractivity contribution in [1.82, 2.24) is 9.97 Å². The Morgan fingerprint density at radius 3 is 2.80 bits per heavy atom. The second kappa shape index (κ2) is 6.46. The highest BCUT2D eigenvalue weighted by Crippen LogP contribution is 2.67.